The van der Waals surface area contributed by atoms with Crippen LogP contribution in [-0.4, -0.2) is 13.0 Å². The van der Waals surface area contributed by atoms with Crippen molar-refractivity contribution in [2.24, 2.45) is 7.05 Å². The highest BCUT2D eigenvalue weighted by Crippen LogP contribution is 2.14. The number of nitrogens with zero attached hydrogens (tertiary/aromatic N) is 1. The molecule has 18 heavy (non-hydrogen) atoms. The van der Waals surface area contributed by atoms with Gasteiger partial charge in [-0.15, -0.1) is 0 Å². The number of sulfonamides is 1. The van der Waals surface area contributed by atoms with Gasteiger partial charge in [0.15, 0.2) is 0 Å². The fourth-order valence-corrected chi connectivity index (χ4v) is 2.81. The predicted molar refractivity (Wildman–Crippen MR) is 73.6 cm³/mol. The molecule has 0 fully saturated rings. The fourth-order valence-electron chi connectivity index (χ4n) is 1.55. The van der Waals surface area contributed by atoms with E-state index in [1.54, 1.807) is 24.3 Å². The zero-order chi connectivity index (χ0) is 13.2. The molecule has 2 aromatic rings. The standard InChI is InChI=1S/C12H13BrN2O2S/c1-15-8-2-3-11(15)9-14-18(16,17)12-6-4-10(13)5-7-12/h2-8,14H,9H2,1H3. The second kappa shape index (κ2) is 5.26. The first-order valence-corrected chi connectivity index (χ1v) is 7.62. The number of hydrogen-bond donors (Lipinski definition) is 1. The summed E-state index contributed by atoms with van der Waals surface area (Å²) in [4.78, 5) is 0.264. The van der Waals surface area contributed by atoms with Crippen LogP contribution in [0.15, 0.2) is 52.0 Å². The summed E-state index contributed by atoms with van der Waals surface area (Å²) in [5.74, 6) is 0. The average Bonchev–Trinajstić information content (AvgIpc) is 2.73. The van der Waals surface area contributed by atoms with E-state index in [1.165, 1.54) is 0 Å². The third kappa shape index (κ3) is 3.01. The number of benzene rings is 1. The molecule has 1 N–H and O–H groups in total. The minimum atomic E-state index is -3.45. The van der Waals surface area contributed by atoms with Gasteiger partial charge in [0.1, 0.15) is 0 Å². The van der Waals surface area contributed by atoms with Gasteiger partial charge in [0, 0.05) is 23.4 Å². The molecule has 4 nitrogen and oxygen atoms in total. The van der Waals surface area contributed by atoms with E-state index in [9.17, 15) is 8.42 Å². The average molecular weight is 329 g/mol. The molecule has 0 aliphatic heterocycles. The Morgan fingerprint density at radius 3 is 2.44 bits per heavy atom. The van der Waals surface area contributed by atoms with Gasteiger partial charge in [-0.2, -0.15) is 0 Å². The first-order chi connectivity index (χ1) is 8.49. The number of aryl methyl sites for hydroxylation is 1. The molecule has 0 unspecified atom stereocenters. The van der Waals surface area contributed by atoms with Gasteiger partial charge in [-0.05, 0) is 36.4 Å². The highest BCUT2D eigenvalue weighted by molar-refractivity contribution is 9.10. The maximum atomic E-state index is 12.0. The van der Waals surface area contributed by atoms with Crippen molar-refractivity contribution in [3.05, 3.63) is 52.8 Å². The third-order valence-electron chi connectivity index (χ3n) is 2.62. The Bertz CT molecular complexity index is 632. The molecule has 0 radical (unpaired) electrons. The van der Waals surface area contributed by atoms with Crippen LogP contribution in [0.5, 0.6) is 0 Å². The van der Waals surface area contributed by atoms with Crippen molar-refractivity contribution in [1.29, 1.82) is 0 Å². The zero-order valence-corrected chi connectivity index (χ0v) is 12.2. The number of rotatable bonds is 4. The Kier molecular flexibility index (Phi) is 3.89. The van der Waals surface area contributed by atoms with Crippen LogP contribution in [0, 0.1) is 0 Å². The van der Waals surface area contributed by atoms with Crippen molar-refractivity contribution in [2.75, 3.05) is 0 Å². The molecule has 2 rings (SSSR count). The van der Waals surface area contributed by atoms with Crippen LogP contribution in [0.4, 0.5) is 0 Å². The molecule has 1 aromatic heterocycles. The molecule has 96 valence electrons. The van der Waals surface area contributed by atoms with Crippen LogP contribution < -0.4 is 4.72 Å². The Morgan fingerprint density at radius 1 is 1.22 bits per heavy atom. The summed E-state index contributed by atoms with van der Waals surface area (Å²) in [5, 5.41) is 0. The lowest BCUT2D eigenvalue weighted by Gasteiger charge is -2.07. The van der Waals surface area contributed by atoms with Gasteiger partial charge in [-0.1, -0.05) is 15.9 Å². The summed E-state index contributed by atoms with van der Waals surface area (Å²) in [6.07, 6.45) is 1.88. The lowest BCUT2D eigenvalue weighted by molar-refractivity contribution is 0.579. The van der Waals surface area contributed by atoms with Gasteiger partial charge in [0.05, 0.1) is 11.4 Å². The summed E-state index contributed by atoms with van der Waals surface area (Å²) >= 11 is 3.27. The van der Waals surface area contributed by atoms with Crippen LogP contribution in [0.2, 0.25) is 0 Å². The summed E-state index contributed by atoms with van der Waals surface area (Å²) in [7, 11) is -1.58. The predicted octanol–water partition coefficient (Wildman–Crippen LogP) is 2.27. The second-order valence-electron chi connectivity index (χ2n) is 3.89. The summed E-state index contributed by atoms with van der Waals surface area (Å²) in [5.41, 5.74) is 0.913. The van der Waals surface area contributed by atoms with Gasteiger partial charge in [-0.3, -0.25) is 0 Å². The van der Waals surface area contributed by atoms with Gasteiger partial charge < -0.3 is 4.57 Å². The summed E-state index contributed by atoms with van der Waals surface area (Å²) in [6.45, 7) is 0.280. The molecular weight excluding hydrogens is 316 g/mol. The number of nitrogens with one attached hydrogen (secondary N) is 1. The molecule has 0 aliphatic carbocycles. The Balaban J connectivity index is 2.13. The van der Waals surface area contributed by atoms with Crippen molar-refractivity contribution in [3.8, 4) is 0 Å². The van der Waals surface area contributed by atoms with Crippen LogP contribution in [0.25, 0.3) is 0 Å². The second-order valence-corrected chi connectivity index (χ2v) is 6.57. The number of halogens is 1. The smallest absolute Gasteiger partial charge is 0.240 e. The van der Waals surface area contributed by atoms with Crippen LogP contribution in [0.3, 0.4) is 0 Å². The molecule has 0 atom stereocenters. The summed E-state index contributed by atoms with van der Waals surface area (Å²) < 4.78 is 29.3. The molecule has 6 heteroatoms. The topological polar surface area (TPSA) is 51.1 Å². The van der Waals surface area contributed by atoms with Crippen molar-refractivity contribution in [3.63, 3.8) is 0 Å². The van der Waals surface area contributed by atoms with E-state index < -0.39 is 10.0 Å². The highest BCUT2D eigenvalue weighted by Gasteiger charge is 2.13. The van der Waals surface area contributed by atoms with E-state index in [0.29, 0.717) is 0 Å². The Hall–Kier alpha value is -1.11. The van der Waals surface area contributed by atoms with Gasteiger partial charge >= 0.3 is 0 Å². The lowest BCUT2D eigenvalue weighted by Crippen LogP contribution is -2.24. The van der Waals surface area contributed by atoms with Gasteiger partial charge in [0.2, 0.25) is 10.0 Å². The van der Waals surface area contributed by atoms with E-state index in [4.69, 9.17) is 0 Å². The molecule has 1 aromatic carbocycles. The normalized spacial score (nSPS) is 11.7. The van der Waals surface area contributed by atoms with E-state index in [1.807, 2.05) is 29.9 Å². The quantitative estimate of drug-likeness (QED) is 0.935. The minimum absolute atomic E-state index is 0.264. The Labute approximate surface area is 115 Å². The highest BCUT2D eigenvalue weighted by atomic mass is 79.9. The number of aromatic nitrogens is 1. The third-order valence-corrected chi connectivity index (χ3v) is 4.56. The van der Waals surface area contributed by atoms with Crippen molar-refractivity contribution >= 4 is 26.0 Å². The van der Waals surface area contributed by atoms with E-state index >= 15 is 0 Å². The maximum Gasteiger partial charge on any atom is 0.240 e. The lowest BCUT2D eigenvalue weighted by atomic mass is 10.4. The SMILES string of the molecule is Cn1cccc1CNS(=O)(=O)c1ccc(Br)cc1. The van der Waals surface area contributed by atoms with Crippen molar-refractivity contribution < 1.29 is 8.42 Å². The molecule has 0 bridgehead atoms. The first kappa shape index (κ1) is 13.3. The van der Waals surface area contributed by atoms with Crippen molar-refractivity contribution in [2.45, 2.75) is 11.4 Å². The van der Waals surface area contributed by atoms with Crippen LogP contribution in [-0.2, 0) is 23.6 Å². The first-order valence-electron chi connectivity index (χ1n) is 5.34. The minimum Gasteiger partial charge on any atom is -0.353 e. The maximum absolute atomic E-state index is 12.0. The molecular formula is C12H13BrN2O2S. The van der Waals surface area contributed by atoms with E-state index in [0.717, 1.165) is 10.2 Å². The fraction of sp³-hybridized carbons (Fsp3) is 0.167. The van der Waals surface area contributed by atoms with Crippen LogP contribution in [0.1, 0.15) is 5.69 Å². The van der Waals surface area contributed by atoms with E-state index in [2.05, 4.69) is 20.7 Å². The monoisotopic (exact) mass is 328 g/mol. The van der Waals surface area contributed by atoms with Crippen molar-refractivity contribution in [1.82, 2.24) is 9.29 Å². The molecule has 0 aliphatic rings. The molecule has 1 heterocycles. The zero-order valence-electron chi connectivity index (χ0n) is 9.80. The molecule has 0 saturated carbocycles. The van der Waals surface area contributed by atoms with Crippen LogP contribution >= 0.6 is 15.9 Å². The largest absolute Gasteiger partial charge is 0.353 e. The molecule has 0 saturated heterocycles. The van der Waals surface area contributed by atoms with E-state index in [-0.39, 0.29) is 11.4 Å². The van der Waals surface area contributed by atoms with Gasteiger partial charge in [0.25, 0.3) is 0 Å². The Morgan fingerprint density at radius 2 is 1.89 bits per heavy atom. The number of hydrogen-bond acceptors (Lipinski definition) is 2. The molecule has 0 spiro atoms. The van der Waals surface area contributed by atoms with Gasteiger partial charge in [-0.25, -0.2) is 13.1 Å². The summed E-state index contributed by atoms with van der Waals surface area (Å²) in [6, 6.07) is 10.3. The molecule has 0 amide bonds.